The zero-order chi connectivity index (χ0) is 31.0. The average Bonchev–Trinajstić information content (AvgIpc) is 3.20. The molecular formula is C36H60N6O3. The average molecular weight is 625 g/mol. The van der Waals surface area contributed by atoms with Crippen molar-refractivity contribution in [1.82, 2.24) is 15.0 Å². The Hall–Kier alpha value is -2.58. The van der Waals surface area contributed by atoms with E-state index in [1.54, 1.807) is 0 Å². The van der Waals surface area contributed by atoms with E-state index in [1.165, 1.54) is 116 Å². The molecule has 9 nitrogen and oxygen atoms in total. The monoisotopic (exact) mass is 624 g/mol. The molecule has 0 spiro atoms. The summed E-state index contributed by atoms with van der Waals surface area (Å²) < 4.78 is 0. The van der Waals surface area contributed by atoms with Gasteiger partial charge in [0, 0.05) is 0 Å². The second-order valence-corrected chi connectivity index (χ2v) is 13.4. The van der Waals surface area contributed by atoms with E-state index in [1.807, 2.05) is 0 Å². The van der Waals surface area contributed by atoms with Crippen molar-refractivity contribution in [3.63, 3.8) is 0 Å². The van der Waals surface area contributed by atoms with E-state index < -0.39 is 0 Å². The predicted molar refractivity (Wildman–Crippen MR) is 183 cm³/mol. The van der Waals surface area contributed by atoms with Crippen molar-refractivity contribution < 1.29 is 14.5 Å². The van der Waals surface area contributed by atoms with E-state index in [4.69, 9.17) is 14.5 Å². The quantitative estimate of drug-likeness (QED) is 0.292. The first kappa shape index (κ1) is 35.3. The van der Waals surface area contributed by atoms with Crippen molar-refractivity contribution in [1.29, 1.82) is 0 Å². The lowest BCUT2D eigenvalue weighted by Gasteiger charge is -2.08. The highest BCUT2D eigenvalue weighted by Gasteiger charge is 2.14. The first-order chi connectivity index (χ1) is 22.3. The van der Waals surface area contributed by atoms with Crippen LogP contribution in [0.4, 0.5) is 0 Å². The maximum Gasteiger partial charge on any atom is 0.355 e. The van der Waals surface area contributed by atoms with Crippen LogP contribution >= 0.6 is 0 Å². The van der Waals surface area contributed by atoms with E-state index in [0.29, 0.717) is 0 Å². The van der Waals surface area contributed by atoms with Crippen LogP contribution in [-0.2, 0) is 0 Å². The van der Waals surface area contributed by atoms with Gasteiger partial charge in [0.15, 0.2) is 0 Å². The van der Waals surface area contributed by atoms with Gasteiger partial charge in [0.25, 0.3) is 0 Å². The Morgan fingerprint density at radius 1 is 0.267 bits per heavy atom. The molecule has 0 bridgehead atoms. The Kier molecular flexibility index (Phi) is 17.9. The fourth-order valence-corrected chi connectivity index (χ4v) is 6.56. The summed E-state index contributed by atoms with van der Waals surface area (Å²) in [7, 11) is 0. The molecule has 3 aliphatic carbocycles. The molecule has 0 saturated heterocycles. The maximum atomic E-state index is 5.84. The molecule has 0 atom stereocenters. The summed E-state index contributed by atoms with van der Waals surface area (Å²) in [5, 5.41) is 13.6. The minimum Gasteiger partial charge on any atom is -0.315 e. The van der Waals surface area contributed by atoms with Crippen LogP contribution in [0.3, 0.4) is 0 Å². The van der Waals surface area contributed by atoms with Crippen LogP contribution in [0.1, 0.15) is 193 Å². The van der Waals surface area contributed by atoms with E-state index in [2.05, 4.69) is 30.4 Å². The van der Waals surface area contributed by atoms with E-state index in [-0.39, 0.29) is 18.0 Å². The van der Waals surface area contributed by atoms with Gasteiger partial charge in [0.2, 0.25) is 0 Å². The van der Waals surface area contributed by atoms with Gasteiger partial charge >= 0.3 is 18.0 Å². The summed E-state index contributed by atoms with van der Waals surface area (Å²) in [6, 6.07) is 0.172. The van der Waals surface area contributed by atoms with Crippen molar-refractivity contribution in [2.45, 2.75) is 193 Å². The third kappa shape index (κ3) is 16.0. The molecule has 0 N–H and O–H groups in total. The van der Waals surface area contributed by atoms with Gasteiger partial charge in [0.1, 0.15) is 0 Å². The Labute approximate surface area is 272 Å². The lowest BCUT2D eigenvalue weighted by atomic mass is 10.1. The molecule has 45 heavy (non-hydrogen) atoms. The lowest BCUT2D eigenvalue weighted by Crippen LogP contribution is -2.07. The molecule has 0 unspecified atom stereocenters. The third-order valence-corrected chi connectivity index (χ3v) is 9.39. The van der Waals surface area contributed by atoms with Gasteiger partial charge in [-0.2, -0.15) is 0 Å². The van der Waals surface area contributed by atoms with Gasteiger partial charge in [-0.3, -0.25) is 0 Å². The van der Waals surface area contributed by atoms with Crippen LogP contribution in [0.15, 0.2) is 15.5 Å². The molecule has 0 amide bonds. The largest absolute Gasteiger partial charge is 0.355 e. The fourth-order valence-electron chi connectivity index (χ4n) is 6.56. The highest BCUT2D eigenvalue weighted by molar-refractivity contribution is 5.84. The van der Waals surface area contributed by atoms with Crippen LogP contribution < -0.4 is 14.5 Å². The Bertz CT molecular complexity index is 861. The van der Waals surface area contributed by atoms with Crippen molar-refractivity contribution in [3.8, 4) is 18.0 Å². The maximum absolute atomic E-state index is 5.84. The highest BCUT2D eigenvalue weighted by atomic mass is 16.7. The Balaban J connectivity index is 1.48. The van der Waals surface area contributed by atoms with Gasteiger partial charge in [-0.1, -0.05) is 131 Å². The van der Waals surface area contributed by atoms with Crippen LogP contribution in [0.5, 0.6) is 18.0 Å². The second kappa shape index (κ2) is 22.8. The molecule has 0 aliphatic heterocycles. The summed E-state index contributed by atoms with van der Waals surface area (Å²) in [5.74, 6) is 0. The fraction of sp³-hybridized carbons (Fsp3) is 0.833. The minimum atomic E-state index is 0.0575. The van der Waals surface area contributed by atoms with Gasteiger partial charge in [-0.15, -0.1) is 15.0 Å². The molecule has 1 aromatic heterocycles. The van der Waals surface area contributed by atoms with Crippen LogP contribution in [-0.4, -0.2) is 32.1 Å². The molecule has 0 aromatic carbocycles. The first-order valence-electron chi connectivity index (χ1n) is 18.8. The molecule has 9 heteroatoms. The standard InChI is InChI=1S/C36H60N6O3/c1-2-8-14-20-26-31(25-19-13-7-1)40-43-34-37-35(44-41-32-27-21-15-9-3-4-10-16-22-28-32)39-36(38-34)45-42-33-29-23-17-11-5-6-12-18-24-30-33/h1-30H2. The molecule has 1 aromatic rings. The number of aromatic nitrogens is 3. The minimum absolute atomic E-state index is 0.0575. The molecule has 3 fully saturated rings. The van der Waals surface area contributed by atoms with Gasteiger partial charge < -0.3 is 14.5 Å². The topological polar surface area (TPSA) is 103 Å². The lowest BCUT2D eigenvalue weighted by molar-refractivity contribution is 0.247. The summed E-state index contributed by atoms with van der Waals surface area (Å²) in [6.45, 7) is 0. The summed E-state index contributed by atoms with van der Waals surface area (Å²) in [4.78, 5) is 30.8. The number of oxime groups is 3. The Morgan fingerprint density at radius 3 is 0.644 bits per heavy atom. The summed E-state index contributed by atoms with van der Waals surface area (Å²) in [6.07, 6.45) is 35.7. The third-order valence-electron chi connectivity index (χ3n) is 9.39. The highest BCUT2D eigenvalue weighted by Crippen LogP contribution is 2.21. The molecule has 3 saturated carbocycles. The van der Waals surface area contributed by atoms with Crippen LogP contribution in [0.25, 0.3) is 0 Å². The van der Waals surface area contributed by atoms with E-state index >= 15 is 0 Å². The van der Waals surface area contributed by atoms with Crippen molar-refractivity contribution in [3.05, 3.63) is 0 Å². The number of rotatable bonds is 6. The molecule has 0 radical (unpaired) electrons. The van der Waals surface area contributed by atoms with Gasteiger partial charge in [-0.05, 0) is 77.0 Å². The van der Waals surface area contributed by atoms with Crippen LogP contribution in [0, 0.1) is 0 Å². The predicted octanol–water partition coefficient (Wildman–Crippen LogP) is 10.8. The van der Waals surface area contributed by atoms with Crippen molar-refractivity contribution >= 4 is 17.1 Å². The molecule has 1 heterocycles. The molecule has 4 rings (SSSR count). The zero-order valence-electron chi connectivity index (χ0n) is 28.1. The first-order valence-corrected chi connectivity index (χ1v) is 18.8. The molecular weight excluding hydrogens is 564 g/mol. The SMILES string of the molecule is C1CCCCCC(=NOc2nc(ON=C3CCCCCCCCCC3)nc(ON=C3CCCCCCCCCC3)n2)CCCC1. The van der Waals surface area contributed by atoms with Crippen molar-refractivity contribution in [2.75, 3.05) is 0 Å². The second-order valence-electron chi connectivity index (χ2n) is 13.4. The number of hydrogen-bond acceptors (Lipinski definition) is 9. The zero-order valence-corrected chi connectivity index (χ0v) is 28.1. The van der Waals surface area contributed by atoms with E-state index in [9.17, 15) is 0 Å². The van der Waals surface area contributed by atoms with E-state index in [0.717, 1.165) is 94.2 Å². The summed E-state index contributed by atoms with van der Waals surface area (Å²) >= 11 is 0. The normalized spacial score (nSPS) is 21.2. The van der Waals surface area contributed by atoms with Gasteiger partial charge in [0.05, 0.1) is 17.1 Å². The number of hydrogen-bond donors (Lipinski definition) is 0. The summed E-state index contributed by atoms with van der Waals surface area (Å²) in [5.41, 5.74) is 3.20. The smallest absolute Gasteiger partial charge is 0.315 e. The molecule has 3 aliphatic rings. The van der Waals surface area contributed by atoms with Crippen molar-refractivity contribution in [2.24, 2.45) is 15.5 Å². The van der Waals surface area contributed by atoms with Gasteiger partial charge in [-0.25, -0.2) is 0 Å². The Morgan fingerprint density at radius 2 is 0.444 bits per heavy atom. The number of nitrogens with zero attached hydrogens (tertiary/aromatic N) is 6. The van der Waals surface area contributed by atoms with Crippen LogP contribution in [0.2, 0.25) is 0 Å². The molecule has 252 valence electrons.